The summed E-state index contributed by atoms with van der Waals surface area (Å²) in [6, 6.07) is 10.7. The number of hydrogen-bond donors (Lipinski definition) is 1. The molecule has 2 aromatic heterocycles. The van der Waals surface area contributed by atoms with Gasteiger partial charge in [-0.05, 0) is 36.6 Å². The fourth-order valence-electron chi connectivity index (χ4n) is 2.58. The van der Waals surface area contributed by atoms with Crippen LogP contribution in [-0.2, 0) is 5.75 Å². The van der Waals surface area contributed by atoms with Crippen LogP contribution in [0.25, 0.3) is 11.0 Å². The van der Waals surface area contributed by atoms with Gasteiger partial charge in [0, 0.05) is 17.2 Å². The lowest BCUT2D eigenvalue weighted by atomic mass is 10.0. The van der Waals surface area contributed by atoms with Crippen molar-refractivity contribution in [2.45, 2.75) is 24.6 Å². The summed E-state index contributed by atoms with van der Waals surface area (Å²) in [6.45, 7) is 3.87. The van der Waals surface area contributed by atoms with E-state index in [-0.39, 0.29) is 16.9 Å². The topological polar surface area (TPSA) is 117 Å². The zero-order valence-electron chi connectivity index (χ0n) is 14.2. The number of rotatable bonds is 3. The van der Waals surface area contributed by atoms with E-state index in [1.54, 1.807) is 0 Å². The molecule has 0 bridgehead atoms. The Kier molecular flexibility index (Phi) is 4.66. The summed E-state index contributed by atoms with van der Waals surface area (Å²) in [4.78, 5) is 16.1. The van der Waals surface area contributed by atoms with E-state index in [1.807, 2.05) is 38.1 Å². The van der Waals surface area contributed by atoms with Crippen molar-refractivity contribution in [3.8, 4) is 12.1 Å². The molecule has 6 nitrogen and oxygen atoms in total. The maximum atomic E-state index is 11.9. The van der Waals surface area contributed by atoms with Gasteiger partial charge in [-0.2, -0.15) is 10.5 Å². The molecule has 2 heterocycles. The second-order valence-corrected chi connectivity index (χ2v) is 6.73. The van der Waals surface area contributed by atoms with E-state index in [9.17, 15) is 10.1 Å². The molecule has 0 saturated heterocycles. The third-order valence-corrected chi connectivity index (χ3v) is 5.18. The first-order valence-electron chi connectivity index (χ1n) is 7.71. The lowest BCUT2D eigenvalue weighted by Crippen LogP contribution is -2.02. The minimum atomic E-state index is -0.422. The highest BCUT2D eigenvalue weighted by Crippen LogP contribution is 2.30. The van der Waals surface area contributed by atoms with Crippen LogP contribution < -0.4 is 11.4 Å². The number of aryl methyl sites for hydroxylation is 2. The van der Waals surface area contributed by atoms with Crippen LogP contribution >= 0.6 is 11.8 Å². The number of hydrogen-bond acceptors (Lipinski definition) is 7. The summed E-state index contributed by atoms with van der Waals surface area (Å²) < 4.78 is 5.37. The van der Waals surface area contributed by atoms with Crippen molar-refractivity contribution < 1.29 is 4.42 Å². The van der Waals surface area contributed by atoms with E-state index >= 15 is 0 Å². The Balaban J connectivity index is 2.03. The SMILES string of the molecule is Cc1ccc2c(CSc3nc(N)c(C#N)cc3C#N)cc(=O)oc2c1C. The molecule has 3 rings (SSSR count). The van der Waals surface area contributed by atoms with Gasteiger partial charge in [0.1, 0.15) is 28.6 Å². The van der Waals surface area contributed by atoms with Crippen LogP contribution in [0.3, 0.4) is 0 Å². The zero-order chi connectivity index (χ0) is 18.8. The zero-order valence-corrected chi connectivity index (χ0v) is 15.0. The fraction of sp³-hybridized carbons (Fsp3) is 0.158. The maximum Gasteiger partial charge on any atom is 0.336 e. The van der Waals surface area contributed by atoms with Gasteiger partial charge in [0.15, 0.2) is 0 Å². The number of fused-ring (bicyclic) bond motifs is 1. The highest BCUT2D eigenvalue weighted by Gasteiger charge is 2.13. The number of pyridine rings is 1. The summed E-state index contributed by atoms with van der Waals surface area (Å²) in [5.74, 6) is 0.496. The van der Waals surface area contributed by atoms with Crippen molar-refractivity contribution in [2.24, 2.45) is 0 Å². The van der Waals surface area contributed by atoms with Gasteiger partial charge in [-0.3, -0.25) is 0 Å². The van der Waals surface area contributed by atoms with Crippen LogP contribution in [0.15, 0.2) is 38.5 Å². The highest BCUT2D eigenvalue weighted by atomic mass is 32.2. The number of aromatic nitrogens is 1. The van der Waals surface area contributed by atoms with Crippen LogP contribution in [-0.4, -0.2) is 4.98 Å². The normalized spacial score (nSPS) is 10.5. The number of nitrogens with two attached hydrogens (primary N) is 1. The summed E-state index contributed by atoms with van der Waals surface area (Å²) >= 11 is 1.29. The standard InChI is InChI=1S/C19H14N4O2S/c1-10-3-4-15-14(6-16(24)25-17(15)11(10)2)9-26-19-13(8-21)5-12(7-20)18(22)23-19/h3-6H,9H2,1-2H3,(H2,22,23). The predicted octanol–water partition coefficient (Wildman–Crippen LogP) is 3.42. The van der Waals surface area contributed by atoms with Gasteiger partial charge in [-0.15, -0.1) is 11.8 Å². The highest BCUT2D eigenvalue weighted by molar-refractivity contribution is 7.98. The number of nitrogens with zero attached hydrogens (tertiary/aromatic N) is 3. The average Bonchev–Trinajstić information content (AvgIpc) is 2.63. The summed E-state index contributed by atoms with van der Waals surface area (Å²) in [6.07, 6.45) is 0. The molecule has 26 heavy (non-hydrogen) atoms. The van der Waals surface area contributed by atoms with Crippen LogP contribution in [0.2, 0.25) is 0 Å². The fourth-order valence-corrected chi connectivity index (χ4v) is 3.53. The lowest BCUT2D eigenvalue weighted by Gasteiger charge is -2.09. The van der Waals surface area contributed by atoms with Gasteiger partial charge in [0.2, 0.25) is 0 Å². The largest absolute Gasteiger partial charge is 0.422 e. The molecule has 0 amide bonds. The molecule has 0 aliphatic heterocycles. The average molecular weight is 362 g/mol. The Morgan fingerprint density at radius 3 is 2.62 bits per heavy atom. The Morgan fingerprint density at radius 1 is 1.19 bits per heavy atom. The van der Waals surface area contributed by atoms with Gasteiger partial charge in [0.25, 0.3) is 0 Å². The van der Waals surface area contributed by atoms with Crippen molar-refractivity contribution in [2.75, 3.05) is 5.73 Å². The van der Waals surface area contributed by atoms with Gasteiger partial charge < -0.3 is 10.2 Å². The van der Waals surface area contributed by atoms with E-state index in [1.165, 1.54) is 23.9 Å². The van der Waals surface area contributed by atoms with Gasteiger partial charge in [0.05, 0.1) is 11.1 Å². The molecule has 3 aromatic rings. The van der Waals surface area contributed by atoms with Crippen molar-refractivity contribution in [3.63, 3.8) is 0 Å². The van der Waals surface area contributed by atoms with Crippen LogP contribution in [0.5, 0.6) is 0 Å². The Bertz CT molecular complexity index is 1170. The van der Waals surface area contributed by atoms with Crippen LogP contribution in [0.4, 0.5) is 5.82 Å². The molecule has 2 N–H and O–H groups in total. The first-order chi connectivity index (χ1) is 12.4. The van der Waals surface area contributed by atoms with Crippen molar-refractivity contribution in [3.05, 3.63) is 62.5 Å². The smallest absolute Gasteiger partial charge is 0.336 e. The number of anilines is 1. The molecule has 7 heteroatoms. The lowest BCUT2D eigenvalue weighted by molar-refractivity contribution is 0.557. The number of thioether (sulfide) groups is 1. The number of nitrogen functional groups attached to an aromatic ring is 1. The maximum absolute atomic E-state index is 11.9. The van der Waals surface area contributed by atoms with Crippen molar-refractivity contribution in [1.29, 1.82) is 10.5 Å². The molecule has 128 valence electrons. The van der Waals surface area contributed by atoms with Crippen molar-refractivity contribution >= 4 is 28.5 Å². The predicted molar refractivity (Wildman–Crippen MR) is 99.6 cm³/mol. The third kappa shape index (κ3) is 3.13. The second-order valence-electron chi connectivity index (χ2n) is 5.76. The molecule has 0 atom stereocenters. The van der Waals surface area contributed by atoms with Crippen LogP contribution in [0.1, 0.15) is 27.8 Å². The molecule has 0 unspecified atom stereocenters. The second kappa shape index (κ2) is 6.91. The van der Waals surface area contributed by atoms with Gasteiger partial charge >= 0.3 is 5.63 Å². The summed E-state index contributed by atoms with van der Waals surface area (Å²) in [5, 5.41) is 19.6. The quantitative estimate of drug-likeness (QED) is 0.560. The molecule has 0 fully saturated rings. The Labute approximate surface area is 153 Å². The van der Waals surface area contributed by atoms with E-state index in [4.69, 9.17) is 15.4 Å². The molecular formula is C19H14N4O2S. The number of benzene rings is 1. The van der Waals surface area contributed by atoms with E-state index < -0.39 is 5.63 Å². The molecule has 0 spiro atoms. The minimum absolute atomic E-state index is 0.0814. The van der Waals surface area contributed by atoms with E-state index in [2.05, 4.69) is 4.98 Å². The summed E-state index contributed by atoms with van der Waals surface area (Å²) in [5.41, 5.74) is 9.10. The molecular weight excluding hydrogens is 348 g/mol. The third-order valence-electron chi connectivity index (χ3n) is 4.14. The Morgan fingerprint density at radius 2 is 1.92 bits per heavy atom. The molecule has 0 aliphatic rings. The first kappa shape index (κ1) is 17.5. The Hall–Kier alpha value is -3.29. The van der Waals surface area contributed by atoms with E-state index in [0.717, 1.165) is 22.1 Å². The number of nitriles is 2. The molecule has 0 radical (unpaired) electrons. The van der Waals surface area contributed by atoms with Crippen LogP contribution in [0, 0.1) is 36.5 Å². The van der Waals surface area contributed by atoms with E-state index in [0.29, 0.717) is 16.4 Å². The molecule has 1 aromatic carbocycles. The monoisotopic (exact) mass is 362 g/mol. The molecule has 0 aliphatic carbocycles. The first-order valence-corrected chi connectivity index (χ1v) is 8.69. The van der Waals surface area contributed by atoms with Gasteiger partial charge in [-0.25, -0.2) is 9.78 Å². The van der Waals surface area contributed by atoms with Crippen molar-refractivity contribution in [1.82, 2.24) is 4.98 Å². The minimum Gasteiger partial charge on any atom is -0.422 e. The molecule has 0 saturated carbocycles. The summed E-state index contributed by atoms with van der Waals surface area (Å²) in [7, 11) is 0. The van der Waals surface area contributed by atoms with Gasteiger partial charge in [-0.1, -0.05) is 12.1 Å².